The molecule has 2 aliphatic rings. The van der Waals surface area contributed by atoms with Crippen molar-refractivity contribution in [3.63, 3.8) is 0 Å². The number of hydrogen-bond donors (Lipinski definition) is 1. The lowest BCUT2D eigenvalue weighted by Crippen LogP contribution is -2.49. The van der Waals surface area contributed by atoms with Crippen molar-refractivity contribution in [1.29, 1.82) is 0 Å². The summed E-state index contributed by atoms with van der Waals surface area (Å²) >= 11 is 0. The van der Waals surface area contributed by atoms with Crippen molar-refractivity contribution < 1.29 is 19.1 Å². The van der Waals surface area contributed by atoms with Crippen LogP contribution in [0, 0.1) is 0 Å². The normalized spacial score (nSPS) is 17.8. The van der Waals surface area contributed by atoms with Crippen LogP contribution in [0.1, 0.15) is 40.0 Å². The van der Waals surface area contributed by atoms with Crippen LogP contribution >= 0.6 is 0 Å². The number of imide groups is 1. The number of carbonyl (C=O) groups excluding carboxylic acids is 3. The van der Waals surface area contributed by atoms with Crippen molar-refractivity contribution in [3.8, 4) is 0 Å². The molecule has 2 aliphatic heterocycles. The van der Waals surface area contributed by atoms with E-state index in [0.717, 1.165) is 42.4 Å². The molecular formula is C24H31N5O4. The Kier molecular flexibility index (Phi) is 6.14. The number of aromatic nitrogens is 1. The minimum atomic E-state index is -0.506. The highest BCUT2D eigenvalue weighted by Gasteiger charge is 2.29. The first-order chi connectivity index (χ1) is 15.6. The van der Waals surface area contributed by atoms with Crippen LogP contribution in [0.2, 0.25) is 0 Å². The first-order valence-corrected chi connectivity index (χ1v) is 11.3. The van der Waals surface area contributed by atoms with Crippen LogP contribution in [0.5, 0.6) is 0 Å². The molecule has 33 heavy (non-hydrogen) atoms. The molecule has 0 spiro atoms. The molecule has 9 heteroatoms. The highest BCUT2D eigenvalue weighted by Crippen LogP contribution is 2.31. The van der Waals surface area contributed by atoms with Gasteiger partial charge in [0.25, 0.3) is 0 Å². The number of nitrogens with zero attached hydrogens (tertiary/aromatic N) is 4. The van der Waals surface area contributed by atoms with Crippen molar-refractivity contribution >= 4 is 40.2 Å². The van der Waals surface area contributed by atoms with Gasteiger partial charge in [-0.25, -0.2) is 9.59 Å². The van der Waals surface area contributed by atoms with Gasteiger partial charge in [0.2, 0.25) is 5.91 Å². The van der Waals surface area contributed by atoms with Crippen LogP contribution in [0.3, 0.4) is 0 Å². The van der Waals surface area contributed by atoms with Gasteiger partial charge in [0.15, 0.2) is 0 Å². The second kappa shape index (κ2) is 8.88. The number of nitrogens with one attached hydrogen (secondary N) is 1. The van der Waals surface area contributed by atoms with Crippen molar-refractivity contribution in [1.82, 2.24) is 15.2 Å². The minimum absolute atomic E-state index is 0.144. The number of carbonyl (C=O) groups is 3. The average Bonchev–Trinajstić information content (AvgIpc) is 2.77. The van der Waals surface area contributed by atoms with E-state index in [-0.39, 0.29) is 24.5 Å². The number of urea groups is 1. The minimum Gasteiger partial charge on any atom is -0.444 e. The lowest BCUT2D eigenvalue weighted by Gasteiger charge is -2.38. The molecule has 0 unspecified atom stereocenters. The number of pyridine rings is 1. The van der Waals surface area contributed by atoms with Gasteiger partial charge in [-0.3, -0.25) is 20.0 Å². The summed E-state index contributed by atoms with van der Waals surface area (Å²) in [5.41, 5.74) is 1.27. The summed E-state index contributed by atoms with van der Waals surface area (Å²) in [6.45, 7) is 7.61. The number of amides is 4. The molecule has 1 N–H and O–H groups in total. The Balaban J connectivity index is 1.45. The van der Waals surface area contributed by atoms with Crippen LogP contribution in [-0.2, 0) is 9.53 Å². The summed E-state index contributed by atoms with van der Waals surface area (Å²) in [6, 6.07) is 5.86. The lowest BCUT2D eigenvalue weighted by atomic mass is 10.0. The van der Waals surface area contributed by atoms with Gasteiger partial charge in [0.05, 0.1) is 11.9 Å². The van der Waals surface area contributed by atoms with Crippen molar-refractivity contribution in [2.75, 3.05) is 36.5 Å². The highest BCUT2D eigenvalue weighted by atomic mass is 16.6. The van der Waals surface area contributed by atoms with E-state index in [1.165, 1.54) is 0 Å². The summed E-state index contributed by atoms with van der Waals surface area (Å²) in [6.07, 6.45) is 5.15. The molecule has 2 saturated heterocycles. The van der Waals surface area contributed by atoms with Crippen molar-refractivity contribution in [2.24, 2.45) is 0 Å². The molecule has 0 bridgehead atoms. The molecule has 4 rings (SSSR count). The maximum Gasteiger partial charge on any atom is 0.410 e. The third-order valence-electron chi connectivity index (χ3n) is 6.13. The first kappa shape index (κ1) is 22.8. The number of hydrogen-bond acceptors (Lipinski definition) is 6. The van der Waals surface area contributed by atoms with Gasteiger partial charge < -0.3 is 14.5 Å². The Labute approximate surface area is 193 Å². The Bertz CT molecular complexity index is 1070. The fourth-order valence-electron chi connectivity index (χ4n) is 4.35. The third kappa shape index (κ3) is 5.02. The smallest absolute Gasteiger partial charge is 0.410 e. The SMILES string of the molecule is CN(C(=O)OC(C)(C)C)C1CCN(c2ccc3c(N4CCC(=O)NC4=O)cncc3c2)CC1. The number of fused-ring (bicyclic) bond motifs is 1. The van der Waals surface area contributed by atoms with E-state index >= 15 is 0 Å². The largest absolute Gasteiger partial charge is 0.444 e. The first-order valence-electron chi connectivity index (χ1n) is 11.3. The Morgan fingerprint density at radius 3 is 2.55 bits per heavy atom. The zero-order valence-corrected chi connectivity index (χ0v) is 19.6. The number of anilines is 2. The number of ether oxygens (including phenoxy) is 1. The third-order valence-corrected chi connectivity index (χ3v) is 6.13. The predicted molar refractivity (Wildman–Crippen MR) is 126 cm³/mol. The van der Waals surface area contributed by atoms with Crippen molar-refractivity contribution in [2.45, 2.75) is 51.7 Å². The molecule has 9 nitrogen and oxygen atoms in total. The van der Waals surface area contributed by atoms with Crippen LogP contribution in [0.15, 0.2) is 30.6 Å². The summed E-state index contributed by atoms with van der Waals surface area (Å²) < 4.78 is 5.50. The fourth-order valence-corrected chi connectivity index (χ4v) is 4.35. The Hall–Kier alpha value is -3.36. The van der Waals surface area contributed by atoms with Gasteiger partial charge in [-0.2, -0.15) is 0 Å². The summed E-state index contributed by atoms with van der Waals surface area (Å²) in [7, 11) is 1.81. The molecule has 0 saturated carbocycles. The summed E-state index contributed by atoms with van der Waals surface area (Å²) in [5, 5.41) is 4.21. The number of piperidine rings is 1. The molecule has 3 heterocycles. The van der Waals surface area contributed by atoms with Crippen LogP contribution in [0.4, 0.5) is 21.0 Å². The fraction of sp³-hybridized carbons (Fsp3) is 0.500. The van der Waals surface area contributed by atoms with Gasteiger partial charge in [-0.05, 0) is 45.7 Å². The second-order valence-corrected chi connectivity index (χ2v) is 9.63. The maximum atomic E-state index is 12.4. The topological polar surface area (TPSA) is 95.1 Å². The van der Waals surface area contributed by atoms with Crippen LogP contribution < -0.4 is 15.1 Å². The van der Waals surface area contributed by atoms with E-state index in [0.29, 0.717) is 12.2 Å². The molecule has 1 aromatic carbocycles. The monoisotopic (exact) mass is 453 g/mol. The highest BCUT2D eigenvalue weighted by molar-refractivity contribution is 6.09. The molecule has 0 aliphatic carbocycles. The van der Waals surface area contributed by atoms with Gasteiger partial charge in [0, 0.05) is 61.8 Å². The average molecular weight is 454 g/mol. The summed E-state index contributed by atoms with van der Waals surface area (Å²) in [4.78, 5) is 46.1. The molecule has 0 radical (unpaired) electrons. The Morgan fingerprint density at radius 1 is 1.15 bits per heavy atom. The summed E-state index contributed by atoms with van der Waals surface area (Å²) in [5.74, 6) is -0.257. The molecule has 176 valence electrons. The standard InChI is InChI=1S/C24H31N5O4/c1-24(2,3)33-23(32)27(4)17-7-10-28(11-8-17)18-5-6-19-16(13-18)14-25-15-20(19)29-12-9-21(30)26-22(29)31/h5-6,13-15,17H,7-12H2,1-4H3,(H,26,30,31). The molecule has 1 aromatic heterocycles. The molecular weight excluding hydrogens is 422 g/mol. The predicted octanol–water partition coefficient (Wildman–Crippen LogP) is 3.52. The second-order valence-electron chi connectivity index (χ2n) is 9.63. The van der Waals surface area contributed by atoms with Gasteiger partial charge in [0.1, 0.15) is 5.60 Å². The molecule has 2 fully saturated rings. The zero-order valence-electron chi connectivity index (χ0n) is 19.6. The van der Waals surface area contributed by atoms with E-state index in [1.807, 2.05) is 33.9 Å². The molecule has 4 amide bonds. The van der Waals surface area contributed by atoms with Gasteiger partial charge in [-0.15, -0.1) is 0 Å². The van der Waals surface area contributed by atoms with E-state index in [9.17, 15) is 14.4 Å². The van der Waals surface area contributed by atoms with E-state index < -0.39 is 11.6 Å². The number of benzene rings is 1. The number of rotatable bonds is 3. The lowest BCUT2D eigenvalue weighted by molar-refractivity contribution is -0.120. The van der Waals surface area contributed by atoms with E-state index in [2.05, 4.69) is 27.3 Å². The maximum absolute atomic E-state index is 12.4. The van der Waals surface area contributed by atoms with Crippen molar-refractivity contribution in [3.05, 3.63) is 30.6 Å². The Morgan fingerprint density at radius 2 is 1.88 bits per heavy atom. The van der Waals surface area contributed by atoms with Crippen LogP contribution in [-0.4, -0.2) is 66.2 Å². The van der Waals surface area contributed by atoms with Gasteiger partial charge >= 0.3 is 12.1 Å². The quantitative estimate of drug-likeness (QED) is 0.764. The molecule has 0 atom stereocenters. The van der Waals surface area contributed by atoms with Crippen LogP contribution in [0.25, 0.3) is 10.8 Å². The van der Waals surface area contributed by atoms with E-state index in [4.69, 9.17) is 4.74 Å². The van der Waals surface area contributed by atoms with Gasteiger partial charge in [-0.1, -0.05) is 6.07 Å². The van der Waals surface area contributed by atoms with E-state index in [1.54, 1.807) is 22.2 Å². The molecule has 2 aromatic rings. The zero-order chi connectivity index (χ0) is 23.8.